The maximum absolute atomic E-state index is 12.3. The molecule has 0 radical (unpaired) electrons. The molecule has 0 bridgehead atoms. The molecule has 112 valence electrons. The zero-order chi connectivity index (χ0) is 15.0. The lowest BCUT2D eigenvalue weighted by Gasteiger charge is -2.27. The topological polar surface area (TPSA) is 35.6 Å². The lowest BCUT2D eigenvalue weighted by atomic mass is 10.2. The Morgan fingerprint density at radius 3 is 2.40 bits per heavy atom. The summed E-state index contributed by atoms with van der Waals surface area (Å²) in [6.07, 6.45) is 0. The number of rotatable bonds is 8. The Balaban J connectivity index is 2.47. The van der Waals surface area contributed by atoms with Crippen molar-refractivity contribution in [3.63, 3.8) is 0 Å². The monoisotopic (exact) mass is 277 g/mol. The lowest BCUT2D eigenvalue weighted by Crippen LogP contribution is -2.42. The van der Waals surface area contributed by atoms with Crippen LogP contribution in [0.4, 0.5) is 0 Å². The van der Waals surface area contributed by atoms with Crippen molar-refractivity contribution in [1.29, 1.82) is 0 Å². The van der Waals surface area contributed by atoms with Gasteiger partial charge in [-0.1, -0.05) is 30.3 Å². The minimum Gasteiger partial charge on any atom is -0.335 e. The van der Waals surface area contributed by atoms with Crippen LogP contribution in [-0.4, -0.2) is 55.5 Å². The van der Waals surface area contributed by atoms with Crippen molar-refractivity contribution in [2.45, 2.75) is 26.4 Å². The Labute approximate surface area is 122 Å². The highest BCUT2D eigenvalue weighted by Crippen LogP contribution is 2.08. The molecule has 0 saturated heterocycles. The van der Waals surface area contributed by atoms with E-state index in [1.807, 2.05) is 37.2 Å². The summed E-state index contributed by atoms with van der Waals surface area (Å²) < 4.78 is 0. The average Bonchev–Trinajstić information content (AvgIpc) is 2.41. The Bertz CT molecular complexity index is 390. The highest BCUT2D eigenvalue weighted by Gasteiger charge is 2.16. The predicted molar refractivity (Wildman–Crippen MR) is 83.6 cm³/mol. The van der Waals surface area contributed by atoms with Crippen molar-refractivity contribution in [2.24, 2.45) is 0 Å². The predicted octanol–water partition coefficient (Wildman–Crippen LogP) is 1.57. The van der Waals surface area contributed by atoms with E-state index in [9.17, 15) is 4.79 Å². The number of carbonyl (C=O) groups is 1. The average molecular weight is 277 g/mol. The summed E-state index contributed by atoms with van der Waals surface area (Å²) in [6, 6.07) is 10.3. The van der Waals surface area contributed by atoms with Crippen LogP contribution in [0.2, 0.25) is 0 Å². The van der Waals surface area contributed by atoms with Gasteiger partial charge in [0.1, 0.15) is 0 Å². The summed E-state index contributed by atoms with van der Waals surface area (Å²) in [4.78, 5) is 16.3. The van der Waals surface area contributed by atoms with Crippen LogP contribution in [0.5, 0.6) is 0 Å². The summed E-state index contributed by atoms with van der Waals surface area (Å²) in [6.45, 7) is 6.95. The van der Waals surface area contributed by atoms with Crippen LogP contribution in [0.3, 0.4) is 0 Å². The Hall–Kier alpha value is -1.39. The molecular weight excluding hydrogens is 250 g/mol. The second kappa shape index (κ2) is 8.72. The standard InChI is InChI=1S/C16H27N3O/c1-14(2)19(13-15-8-6-5-7-9-15)16(20)12-17-10-11-18(3)4/h5-9,14,17H,10-13H2,1-4H3. The molecule has 1 rings (SSSR count). The van der Waals surface area contributed by atoms with E-state index >= 15 is 0 Å². The summed E-state index contributed by atoms with van der Waals surface area (Å²) in [7, 11) is 4.05. The van der Waals surface area contributed by atoms with Crippen molar-refractivity contribution < 1.29 is 4.79 Å². The van der Waals surface area contributed by atoms with Gasteiger partial charge in [-0.25, -0.2) is 0 Å². The quantitative estimate of drug-likeness (QED) is 0.733. The van der Waals surface area contributed by atoms with Gasteiger partial charge in [-0.05, 0) is 33.5 Å². The van der Waals surface area contributed by atoms with Crippen molar-refractivity contribution in [3.8, 4) is 0 Å². The highest BCUT2D eigenvalue weighted by atomic mass is 16.2. The van der Waals surface area contributed by atoms with Gasteiger partial charge in [0.25, 0.3) is 0 Å². The van der Waals surface area contributed by atoms with Crippen LogP contribution in [0.1, 0.15) is 19.4 Å². The molecule has 20 heavy (non-hydrogen) atoms. The third-order valence-corrected chi connectivity index (χ3v) is 3.15. The second-order valence-electron chi connectivity index (χ2n) is 5.58. The number of benzene rings is 1. The van der Waals surface area contributed by atoms with E-state index in [0.29, 0.717) is 13.1 Å². The third-order valence-electron chi connectivity index (χ3n) is 3.15. The number of amides is 1. The molecule has 0 heterocycles. The molecule has 4 nitrogen and oxygen atoms in total. The van der Waals surface area contributed by atoms with Gasteiger partial charge < -0.3 is 15.1 Å². The van der Waals surface area contributed by atoms with Gasteiger partial charge in [-0.15, -0.1) is 0 Å². The lowest BCUT2D eigenvalue weighted by molar-refractivity contribution is -0.132. The first-order chi connectivity index (χ1) is 9.50. The third kappa shape index (κ3) is 6.17. The summed E-state index contributed by atoms with van der Waals surface area (Å²) in [5, 5.41) is 3.20. The van der Waals surface area contributed by atoms with Gasteiger partial charge in [-0.2, -0.15) is 0 Å². The number of hydrogen-bond acceptors (Lipinski definition) is 3. The molecule has 1 amide bonds. The molecule has 0 saturated carbocycles. The van der Waals surface area contributed by atoms with E-state index < -0.39 is 0 Å². The van der Waals surface area contributed by atoms with Crippen molar-refractivity contribution in [1.82, 2.24) is 15.1 Å². The summed E-state index contributed by atoms with van der Waals surface area (Å²) in [5.74, 6) is 0.155. The normalized spacial score (nSPS) is 11.1. The summed E-state index contributed by atoms with van der Waals surface area (Å²) >= 11 is 0. The molecule has 0 aliphatic heterocycles. The molecule has 1 N–H and O–H groups in total. The first kappa shape index (κ1) is 16.7. The molecule has 0 fully saturated rings. The molecule has 0 aliphatic rings. The van der Waals surface area contributed by atoms with E-state index in [2.05, 4.69) is 36.2 Å². The molecule has 0 unspecified atom stereocenters. The molecule has 0 aromatic heterocycles. The van der Waals surface area contributed by atoms with Gasteiger partial charge in [0, 0.05) is 25.7 Å². The number of likely N-dealkylation sites (N-methyl/N-ethyl adjacent to an activating group) is 1. The molecule has 0 spiro atoms. The first-order valence-electron chi connectivity index (χ1n) is 7.19. The molecule has 1 aromatic rings. The Kier molecular flexibility index (Phi) is 7.26. The van der Waals surface area contributed by atoms with Crippen LogP contribution in [0, 0.1) is 0 Å². The number of carbonyl (C=O) groups excluding carboxylic acids is 1. The van der Waals surface area contributed by atoms with Crippen molar-refractivity contribution >= 4 is 5.91 Å². The zero-order valence-electron chi connectivity index (χ0n) is 13.1. The van der Waals surface area contributed by atoms with Gasteiger partial charge in [0.15, 0.2) is 0 Å². The molecule has 1 aromatic carbocycles. The Morgan fingerprint density at radius 2 is 1.85 bits per heavy atom. The fraction of sp³-hybridized carbons (Fsp3) is 0.562. The largest absolute Gasteiger partial charge is 0.335 e. The van der Waals surface area contributed by atoms with Crippen molar-refractivity contribution in [2.75, 3.05) is 33.7 Å². The van der Waals surface area contributed by atoms with E-state index in [1.165, 1.54) is 5.56 Å². The van der Waals surface area contributed by atoms with Gasteiger partial charge in [0.2, 0.25) is 5.91 Å². The highest BCUT2D eigenvalue weighted by molar-refractivity contribution is 5.78. The molecule has 4 heteroatoms. The van der Waals surface area contributed by atoms with Crippen LogP contribution in [0.25, 0.3) is 0 Å². The van der Waals surface area contributed by atoms with Crippen LogP contribution < -0.4 is 5.32 Å². The van der Waals surface area contributed by atoms with E-state index in [0.717, 1.165) is 13.1 Å². The summed E-state index contributed by atoms with van der Waals surface area (Å²) in [5.41, 5.74) is 1.17. The van der Waals surface area contributed by atoms with E-state index in [1.54, 1.807) is 0 Å². The molecule has 0 aliphatic carbocycles. The fourth-order valence-electron chi connectivity index (χ4n) is 1.94. The van der Waals surface area contributed by atoms with Crippen molar-refractivity contribution in [3.05, 3.63) is 35.9 Å². The molecule has 0 atom stereocenters. The van der Waals surface area contributed by atoms with E-state index in [-0.39, 0.29) is 11.9 Å². The number of hydrogen-bond donors (Lipinski definition) is 1. The van der Waals surface area contributed by atoms with Gasteiger partial charge >= 0.3 is 0 Å². The van der Waals surface area contributed by atoms with E-state index in [4.69, 9.17) is 0 Å². The Morgan fingerprint density at radius 1 is 1.20 bits per heavy atom. The van der Waals surface area contributed by atoms with Gasteiger partial charge in [0.05, 0.1) is 6.54 Å². The smallest absolute Gasteiger partial charge is 0.237 e. The SMILES string of the molecule is CC(C)N(Cc1ccccc1)C(=O)CNCCN(C)C. The van der Waals surface area contributed by atoms with Gasteiger partial charge in [-0.3, -0.25) is 4.79 Å². The minimum absolute atomic E-state index is 0.155. The van der Waals surface area contributed by atoms with Crippen LogP contribution >= 0.6 is 0 Å². The minimum atomic E-state index is 0.155. The zero-order valence-corrected chi connectivity index (χ0v) is 13.1. The maximum Gasteiger partial charge on any atom is 0.237 e. The number of nitrogens with one attached hydrogen (secondary N) is 1. The second-order valence-corrected chi connectivity index (χ2v) is 5.58. The van der Waals surface area contributed by atoms with Crippen LogP contribution in [-0.2, 0) is 11.3 Å². The molecular formula is C16H27N3O. The maximum atomic E-state index is 12.3. The van der Waals surface area contributed by atoms with Crippen LogP contribution in [0.15, 0.2) is 30.3 Å². The number of nitrogens with zero attached hydrogens (tertiary/aromatic N) is 2. The first-order valence-corrected chi connectivity index (χ1v) is 7.19. The fourth-order valence-corrected chi connectivity index (χ4v) is 1.94.